The third kappa shape index (κ3) is 4.05. The molecule has 102 valence electrons. The van der Waals surface area contributed by atoms with Gasteiger partial charge in [0.1, 0.15) is 5.69 Å². The number of carbonyl (C=O) groups excluding carboxylic acids is 1. The summed E-state index contributed by atoms with van der Waals surface area (Å²) >= 11 is 0. The number of nitrogens with one attached hydrogen (secondary N) is 1. The highest BCUT2D eigenvalue weighted by molar-refractivity contribution is 5.92. The molecule has 0 aromatic carbocycles. The Labute approximate surface area is 112 Å². The Kier molecular flexibility index (Phi) is 4.49. The van der Waals surface area contributed by atoms with Crippen molar-refractivity contribution in [2.24, 2.45) is 5.92 Å². The van der Waals surface area contributed by atoms with E-state index >= 15 is 0 Å². The lowest BCUT2D eigenvalue weighted by molar-refractivity contribution is -0.138. The number of aliphatic carboxylic acids is 1. The van der Waals surface area contributed by atoms with Gasteiger partial charge in [0, 0.05) is 18.7 Å². The third-order valence-electron chi connectivity index (χ3n) is 3.54. The average molecular weight is 262 g/mol. The summed E-state index contributed by atoms with van der Waals surface area (Å²) in [5.74, 6) is -0.635. The summed E-state index contributed by atoms with van der Waals surface area (Å²) in [6.45, 7) is 0. The molecule has 19 heavy (non-hydrogen) atoms. The fourth-order valence-electron chi connectivity index (χ4n) is 2.51. The lowest BCUT2D eigenvalue weighted by Crippen LogP contribution is -2.38. The first kappa shape index (κ1) is 13.5. The number of carboxylic acids is 1. The van der Waals surface area contributed by atoms with Gasteiger partial charge in [0.05, 0.1) is 0 Å². The van der Waals surface area contributed by atoms with Gasteiger partial charge >= 0.3 is 5.97 Å². The van der Waals surface area contributed by atoms with E-state index in [1.807, 2.05) is 0 Å². The van der Waals surface area contributed by atoms with Gasteiger partial charge in [0.2, 0.25) is 0 Å². The molecule has 0 unspecified atom stereocenters. The molecule has 1 amide bonds. The largest absolute Gasteiger partial charge is 0.481 e. The zero-order chi connectivity index (χ0) is 13.7. The molecule has 0 radical (unpaired) electrons. The van der Waals surface area contributed by atoms with E-state index in [9.17, 15) is 9.59 Å². The molecule has 0 spiro atoms. The van der Waals surface area contributed by atoms with Crippen molar-refractivity contribution in [1.29, 1.82) is 0 Å². The molecule has 1 heterocycles. The van der Waals surface area contributed by atoms with Crippen LogP contribution >= 0.6 is 0 Å². The van der Waals surface area contributed by atoms with Crippen LogP contribution in [0.3, 0.4) is 0 Å². The minimum Gasteiger partial charge on any atom is -0.481 e. The van der Waals surface area contributed by atoms with Crippen molar-refractivity contribution < 1.29 is 14.7 Å². The molecule has 1 aliphatic rings. The van der Waals surface area contributed by atoms with Crippen molar-refractivity contribution >= 4 is 11.9 Å². The molecule has 2 rings (SSSR count). The van der Waals surface area contributed by atoms with E-state index in [1.165, 1.54) is 0 Å². The lowest BCUT2D eigenvalue weighted by Gasteiger charge is -2.28. The summed E-state index contributed by atoms with van der Waals surface area (Å²) in [6.07, 6.45) is 5.24. The molecule has 2 N–H and O–H groups in total. The van der Waals surface area contributed by atoms with Gasteiger partial charge in [0.25, 0.3) is 5.91 Å². The highest BCUT2D eigenvalue weighted by Gasteiger charge is 2.24. The van der Waals surface area contributed by atoms with Crippen LogP contribution in [0.4, 0.5) is 0 Å². The highest BCUT2D eigenvalue weighted by atomic mass is 16.4. The Morgan fingerprint density at radius 3 is 2.58 bits per heavy atom. The van der Waals surface area contributed by atoms with Gasteiger partial charge in [0.15, 0.2) is 0 Å². The smallest absolute Gasteiger partial charge is 0.303 e. The zero-order valence-electron chi connectivity index (χ0n) is 10.7. The predicted octanol–water partition coefficient (Wildman–Crippen LogP) is 1.84. The highest BCUT2D eigenvalue weighted by Crippen LogP contribution is 2.26. The molecule has 5 nitrogen and oxygen atoms in total. The van der Waals surface area contributed by atoms with Gasteiger partial charge in [-0.15, -0.1) is 0 Å². The summed E-state index contributed by atoms with van der Waals surface area (Å²) in [7, 11) is 0. The standard InChI is InChI=1S/C14H18N2O3/c17-13(18)9-10-4-6-11(7-5-10)16-14(19)12-3-1-2-8-15-12/h1-3,8,10-11H,4-7,9H2,(H,16,19)(H,17,18). The number of hydrogen-bond donors (Lipinski definition) is 2. The number of pyridine rings is 1. The maximum absolute atomic E-state index is 11.9. The van der Waals surface area contributed by atoms with Gasteiger partial charge in [-0.2, -0.15) is 0 Å². The van der Waals surface area contributed by atoms with E-state index < -0.39 is 5.97 Å². The van der Waals surface area contributed by atoms with E-state index in [-0.39, 0.29) is 24.3 Å². The SMILES string of the molecule is O=C(O)CC1CCC(NC(=O)c2ccccn2)CC1. The van der Waals surface area contributed by atoms with Crippen LogP contribution in [0.15, 0.2) is 24.4 Å². The molecular formula is C14H18N2O3. The van der Waals surface area contributed by atoms with Crippen LogP contribution in [-0.2, 0) is 4.79 Å². The van der Waals surface area contributed by atoms with E-state index in [4.69, 9.17) is 5.11 Å². The van der Waals surface area contributed by atoms with Crippen LogP contribution in [0, 0.1) is 5.92 Å². The molecule has 1 aromatic rings. The van der Waals surface area contributed by atoms with Crippen LogP contribution in [0.2, 0.25) is 0 Å². The van der Waals surface area contributed by atoms with Gasteiger partial charge in [-0.3, -0.25) is 14.6 Å². The Bertz CT molecular complexity index is 439. The Morgan fingerprint density at radius 2 is 2.00 bits per heavy atom. The molecule has 1 fully saturated rings. The number of hydrogen-bond acceptors (Lipinski definition) is 3. The molecule has 1 aromatic heterocycles. The predicted molar refractivity (Wildman–Crippen MR) is 69.7 cm³/mol. The monoisotopic (exact) mass is 262 g/mol. The van der Waals surface area contributed by atoms with Crippen molar-refractivity contribution in [3.8, 4) is 0 Å². The maximum Gasteiger partial charge on any atom is 0.303 e. The van der Waals surface area contributed by atoms with Crippen LogP contribution in [0.5, 0.6) is 0 Å². The van der Waals surface area contributed by atoms with Crippen LogP contribution in [-0.4, -0.2) is 28.0 Å². The van der Waals surface area contributed by atoms with E-state index in [2.05, 4.69) is 10.3 Å². The van der Waals surface area contributed by atoms with Crippen molar-refractivity contribution in [3.63, 3.8) is 0 Å². The van der Waals surface area contributed by atoms with Gasteiger partial charge < -0.3 is 10.4 Å². The van der Waals surface area contributed by atoms with Crippen molar-refractivity contribution in [1.82, 2.24) is 10.3 Å². The summed E-state index contributed by atoms with van der Waals surface area (Å²) in [5.41, 5.74) is 0.426. The molecule has 1 aliphatic carbocycles. The number of carbonyl (C=O) groups is 2. The second kappa shape index (κ2) is 6.31. The Balaban J connectivity index is 1.80. The van der Waals surface area contributed by atoms with Crippen LogP contribution in [0.25, 0.3) is 0 Å². The average Bonchev–Trinajstić information content (AvgIpc) is 2.41. The minimum absolute atomic E-state index is 0.138. The van der Waals surface area contributed by atoms with E-state index in [1.54, 1.807) is 24.4 Å². The van der Waals surface area contributed by atoms with Crippen LogP contribution in [0.1, 0.15) is 42.6 Å². The number of aromatic nitrogens is 1. The third-order valence-corrected chi connectivity index (χ3v) is 3.54. The second-order valence-electron chi connectivity index (χ2n) is 5.00. The minimum atomic E-state index is -0.735. The van der Waals surface area contributed by atoms with Crippen LogP contribution < -0.4 is 5.32 Å². The molecule has 1 saturated carbocycles. The number of nitrogens with zero attached hydrogens (tertiary/aromatic N) is 1. The first-order chi connectivity index (χ1) is 9.15. The van der Waals surface area contributed by atoms with Gasteiger partial charge in [-0.05, 0) is 43.7 Å². The summed E-state index contributed by atoms with van der Waals surface area (Å²) in [5, 5.41) is 11.7. The molecule has 0 saturated heterocycles. The molecule has 0 atom stereocenters. The molecule has 0 bridgehead atoms. The van der Waals surface area contributed by atoms with Gasteiger partial charge in [-0.25, -0.2) is 0 Å². The Morgan fingerprint density at radius 1 is 1.26 bits per heavy atom. The molecule has 0 aliphatic heterocycles. The van der Waals surface area contributed by atoms with Crippen molar-refractivity contribution in [2.75, 3.05) is 0 Å². The van der Waals surface area contributed by atoms with Gasteiger partial charge in [-0.1, -0.05) is 6.07 Å². The topological polar surface area (TPSA) is 79.3 Å². The number of carboxylic acid groups (broad SMARTS) is 1. The maximum atomic E-state index is 11.9. The lowest BCUT2D eigenvalue weighted by atomic mass is 9.84. The zero-order valence-corrected chi connectivity index (χ0v) is 10.7. The van der Waals surface area contributed by atoms with E-state index in [0.29, 0.717) is 5.69 Å². The fourth-order valence-corrected chi connectivity index (χ4v) is 2.51. The molecule has 5 heteroatoms. The first-order valence-electron chi connectivity index (χ1n) is 6.59. The normalized spacial score (nSPS) is 22.7. The van der Waals surface area contributed by atoms with Crippen molar-refractivity contribution in [3.05, 3.63) is 30.1 Å². The summed E-state index contributed by atoms with van der Waals surface area (Å²) in [4.78, 5) is 26.5. The Hall–Kier alpha value is -1.91. The first-order valence-corrected chi connectivity index (χ1v) is 6.59. The summed E-state index contributed by atoms with van der Waals surface area (Å²) in [6, 6.07) is 5.38. The fraction of sp³-hybridized carbons (Fsp3) is 0.500. The quantitative estimate of drug-likeness (QED) is 0.867. The molecular weight excluding hydrogens is 244 g/mol. The summed E-state index contributed by atoms with van der Waals surface area (Å²) < 4.78 is 0. The number of rotatable bonds is 4. The van der Waals surface area contributed by atoms with Crippen molar-refractivity contribution in [2.45, 2.75) is 38.1 Å². The second-order valence-corrected chi connectivity index (χ2v) is 5.00. The van der Waals surface area contributed by atoms with E-state index in [0.717, 1.165) is 25.7 Å². The number of amides is 1.